The number of hydrogen-bond donors (Lipinski definition) is 0. The molecular weight excluding hydrogens is 159 g/mol. The molecule has 0 fully saturated rings. The maximum Gasteiger partial charge on any atom is 0.247 e. The Balaban J connectivity index is 2.97. The van der Waals surface area contributed by atoms with Crippen LogP contribution in [0.1, 0.15) is 6.92 Å². The van der Waals surface area contributed by atoms with Crippen LogP contribution >= 0.6 is 0 Å². The summed E-state index contributed by atoms with van der Waals surface area (Å²) in [7, 11) is 0. The molecule has 0 bridgehead atoms. The van der Waals surface area contributed by atoms with E-state index in [1.165, 1.54) is 6.20 Å². The van der Waals surface area contributed by atoms with Crippen molar-refractivity contribution in [3.05, 3.63) is 29.5 Å². The molecule has 4 heteroatoms. The van der Waals surface area contributed by atoms with Gasteiger partial charge in [0.2, 0.25) is 11.6 Å². The van der Waals surface area contributed by atoms with Gasteiger partial charge in [-0.2, -0.15) is 0 Å². The third kappa shape index (κ3) is 1.70. The van der Waals surface area contributed by atoms with Crippen LogP contribution in [0.2, 0.25) is 0 Å². The van der Waals surface area contributed by atoms with Crippen LogP contribution in [0.15, 0.2) is 12.3 Å². The van der Waals surface area contributed by atoms with Crippen molar-refractivity contribution < 1.29 is 9.13 Å². The SMILES string of the molecule is [C-]#[N+]c1cnc(OCC)c(F)c1. The maximum absolute atomic E-state index is 12.9. The van der Waals surface area contributed by atoms with Crippen LogP contribution in [0.4, 0.5) is 10.1 Å². The fraction of sp³-hybridized carbons (Fsp3) is 0.250. The van der Waals surface area contributed by atoms with Gasteiger partial charge in [-0.3, -0.25) is 0 Å². The Morgan fingerprint density at radius 2 is 2.50 bits per heavy atom. The molecule has 1 aromatic rings. The Bertz CT molecular complexity index is 319. The van der Waals surface area contributed by atoms with E-state index in [9.17, 15) is 4.39 Å². The predicted molar refractivity (Wildman–Crippen MR) is 41.6 cm³/mol. The summed E-state index contributed by atoms with van der Waals surface area (Å²) in [5.74, 6) is -0.643. The minimum absolute atomic E-state index is 0.0510. The van der Waals surface area contributed by atoms with E-state index in [1.807, 2.05) is 0 Å². The highest BCUT2D eigenvalue weighted by Crippen LogP contribution is 2.19. The van der Waals surface area contributed by atoms with Crippen LogP contribution in [0.5, 0.6) is 5.88 Å². The molecular formula is C8H7FN2O. The van der Waals surface area contributed by atoms with E-state index in [-0.39, 0.29) is 11.6 Å². The molecule has 62 valence electrons. The lowest BCUT2D eigenvalue weighted by atomic mass is 10.4. The Labute approximate surface area is 69.6 Å². The minimum atomic E-state index is -0.592. The van der Waals surface area contributed by atoms with Crippen LogP contribution in [0.25, 0.3) is 4.85 Å². The monoisotopic (exact) mass is 166 g/mol. The molecule has 0 radical (unpaired) electrons. The van der Waals surface area contributed by atoms with Gasteiger partial charge < -0.3 is 4.74 Å². The minimum Gasteiger partial charge on any atom is -0.476 e. The summed E-state index contributed by atoms with van der Waals surface area (Å²) in [6.45, 7) is 8.69. The van der Waals surface area contributed by atoms with Crippen molar-refractivity contribution >= 4 is 5.69 Å². The topological polar surface area (TPSA) is 26.5 Å². The Hall–Kier alpha value is -1.63. The van der Waals surface area contributed by atoms with Gasteiger partial charge in [0.15, 0.2) is 5.82 Å². The summed E-state index contributed by atoms with van der Waals surface area (Å²) in [4.78, 5) is 6.65. The number of nitrogens with zero attached hydrogens (tertiary/aromatic N) is 2. The van der Waals surface area contributed by atoms with Gasteiger partial charge in [0.25, 0.3) is 0 Å². The van der Waals surface area contributed by atoms with Gasteiger partial charge in [0.1, 0.15) is 0 Å². The van der Waals surface area contributed by atoms with Gasteiger partial charge >= 0.3 is 0 Å². The number of pyridine rings is 1. The lowest BCUT2D eigenvalue weighted by Gasteiger charge is -2.01. The van der Waals surface area contributed by atoms with E-state index in [0.29, 0.717) is 6.61 Å². The smallest absolute Gasteiger partial charge is 0.247 e. The molecule has 0 spiro atoms. The van der Waals surface area contributed by atoms with Crippen molar-refractivity contribution in [2.75, 3.05) is 6.61 Å². The number of ether oxygens (including phenoxy) is 1. The van der Waals surface area contributed by atoms with Crippen molar-refractivity contribution in [1.82, 2.24) is 4.98 Å². The number of aromatic nitrogens is 1. The highest BCUT2D eigenvalue weighted by atomic mass is 19.1. The zero-order valence-electron chi connectivity index (χ0n) is 6.54. The quantitative estimate of drug-likeness (QED) is 0.629. The largest absolute Gasteiger partial charge is 0.476 e. The maximum atomic E-state index is 12.9. The number of halogens is 1. The van der Waals surface area contributed by atoms with Crippen molar-refractivity contribution in [1.29, 1.82) is 0 Å². The molecule has 1 aromatic heterocycles. The van der Waals surface area contributed by atoms with E-state index in [4.69, 9.17) is 11.3 Å². The van der Waals surface area contributed by atoms with Crippen LogP contribution in [-0.4, -0.2) is 11.6 Å². The van der Waals surface area contributed by atoms with E-state index < -0.39 is 5.82 Å². The van der Waals surface area contributed by atoms with Crippen molar-refractivity contribution in [3.8, 4) is 5.88 Å². The first-order valence-corrected chi connectivity index (χ1v) is 3.43. The van der Waals surface area contributed by atoms with Gasteiger partial charge in [-0.15, -0.1) is 0 Å². The molecule has 0 aliphatic heterocycles. The summed E-state index contributed by atoms with van der Waals surface area (Å²) in [6, 6.07) is 1.10. The van der Waals surface area contributed by atoms with Gasteiger partial charge in [-0.25, -0.2) is 14.2 Å². The Kier molecular flexibility index (Phi) is 2.59. The molecule has 0 aromatic carbocycles. The van der Waals surface area contributed by atoms with Gasteiger partial charge in [-0.1, -0.05) is 0 Å². The first kappa shape index (κ1) is 8.47. The molecule has 3 nitrogen and oxygen atoms in total. The second kappa shape index (κ2) is 3.67. The molecule has 0 amide bonds. The Morgan fingerprint density at radius 1 is 1.75 bits per heavy atom. The van der Waals surface area contributed by atoms with Crippen molar-refractivity contribution in [3.63, 3.8) is 0 Å². The fourth-order valence-electron chi connectivity index (χ4n) is 0.719. The third-order valence-electron chi connectivity index (χ3n) is 1.20. The molecule has 0 saturated heterocycles. The van der Waals surface area contributed by atoms with Crippen LogP contribution in [0.3, 0.4) is 0 Å². The number of hydrogen-bond acceptors (Lipinski definition) is 2. The standard InChI is InChI=1S/C8H7FN2O/c1-3-12-8-7(9)4-6(10-2)5-11-8/h4-5H,3H2,1H3. The molecule has 12 heavy (non-hydrogen) atoms. The lowest BCUT2D eigenvalue weighted by Crippen LogP contribution is -1.96. The first-order valence-electron chi connectivity index (χ1n) is 3.43. The first-order chi connectivity index (χ1) is 5.77. The Morgan fingerprint density at radius 3 is 3.00 bits per heavy atom. The molecule has 0 saturated carbocycles. The summed E-state index contributed by atoms with van der Waals surface area (Å²) < 4.78 is 17.7. The van der Waals surface area contributed by atoms with Gasteiger partial charge in [0.05, 0.1) is 13.2 Å². The summed E-state index contributed by atoms with van der Waals surface area (Å²) in [6.07, 6.45) is 1.28. The summed E-state index contributed by atoms with van der Waals surface area (Å²) in [5.41, 5.74) is 0.177. The van der Waals surface area contributed by atoms with Crippen LogP contribution in [0, 0.1) is 12.4 Å². The summed E-state index contributed by atoms with van der Waals surface area (Å²) in [5, 5.41) is 0. The fourth-order valence-corrected chi connectivity index (χ4v) is 0.719. The third-order valence-corrected chi connectivity index (χ3v) is 1.20. The second-order valence-corrected chi connectivity index (χ2v) is 2.03. The summed E-state index contributed by atoms with van der Waals surface area (Å²) >= 11 is 0. The van der Waals surface area contributed by atoms with Gasteiger partial charge in [0, 0.05) is 6.20 Å². The zero-order valence-corrected chi connectivity index (χ0v) is 6.54. The van der Waals surface area contributed by atoms with Gasteiger partial charge in [-0.05, 0) is 13.0 Å². The molecule has 0 aliphatic carbocycles. The van der Waals surface area contributed by atoms with Crippen LogP contribution in [-0.2, 0) is 0 Å². The molecule has 0 aliphatic rings. The molecule has 0 unspecified atom stereocenters. The van der Waals surface area contributed by atoms with Crippen molar-refractivity contribution in [2.24, 2.45) is 0 Å². The van der Waals surface area contributed by atoms with Crippen LogP contribution < -0.4 is 4.74 Å². The van der Waals surface area contributed by atoms with Crippen molar-refractivity contribution in [2.45, 2.75) is 6.92 Å². The second-order valence-electron chi connectivity index (χ2n) is 2.03. The van der Waals surface area contributed by atoms with E-state index in [1.54, 1.807) is 6.92 Å². The molecule has 0 N–H and O–H groups in total. The molecule has 0 atom stereocenters. The van der Waals surface area contributed by atoms with E-state index >= 15 is 0 Å². The predicted octanol–water partition coefficient (Wildman–Crippen LogP) is 2.17. The highest BCUT2D eigenvalue weighted by molar-refractivity contribution is 5.43. The highest BCUT2D eigenvalue weighted by Gasteiger charge is 2.04. The van der Waals surface area contributed by atoms with E-state index in [0.717, 1.165) is 6.07 Å². The normalized spacial score (nSPS) is 9.08. The zero-order chi connectivity index (χ0) is 8.97. The average Bonchev–Trinajstić information content (AvgIpc) is 2.09. The average molecular weight is 166 g/mol. The molecule has 1 heterocycles. The number of rotatable bonds is 2. The molecule has 1 rings (SSSR count). The lowest BCUT2D eigenvalue weighted by molar-refractivity contribution is 0.307. The van der Waals surface area contributed by atoms with E-state index in [2.05, 4.69) is 9.83 Å².